The number of carbonyl (C=O) groups is 1. The number of rotatable bonds is 3. The molecule has 0 amide bonds. The van der Waals surface area contributed by atoms with Crippen LogP contribution < -0.4 is 0 Å². The average molecular weight is 207 g/mol. The fourth-order valence-corrected chi connectivity index (χ4v) is 2.22. The van der Waals surface area contributed by atoms with Crippen molar-refractivity contribution in [1.82, 2.24) is 4.57 Å². The number of hydrogen-bond donors (Lipinski definition) is 0. The van der Waals surface area contributed by atoms with E-state index in [9.17, 15) is 4.79 Å². The summed E-state index contributed by atoms with van der Waals surface area (Å²) >= 11 is 0. The molecular formula is C12H17NO2. The van der Waals surface area contributed by atoms with Crippen molar-refractivity contribution in [1.29, 1.82) is 0 Å². The first-order valence-electron chi connectivity index (χ1n) is 5.46. The van der Waals surface area contributed by atoms with Crippen molar-refractivity contribution in [3.8, 4) is 0 Å². The zero-order valence-corrected chi connectivity index (χ0v) is 9.32. The van der Waals surface area contributed by atoms with Crippen LogP contribution in [0.15, 0.2) is 6.07 Å². The minimum Gasteiger partial charge on any atom is -0.376 e. The van der Waals surface area contributed by atoms with Crippen LogP contribution in [0.3, 0.4) is 0 Å². The molecule has 3 heteroatoms. The van der Waals surface area contributed by atoms with Gasteiger partial charge in [-0.25, -0.2) is 0 Å². The van der Waals surface area contributed by atoms with E-state index < -0.39 is 0 Å². The predicted octanol–water partition coefficient (Wildman–Crippen LogP) is 2.10. The van der Waals surface area contributed by atoms with Crippen LogP contribution in [0.25, 0.3) is 0 Å². The first-order valence-corrected chi connectivity index (χ1v) is 5.46. The third-order valence-corrected chi connectivity index (χ3v) is 3.15. The van der Waals surface area contributed by atoms with Crippen LogP contribution in [0.1, 0.15) is 34.6 Å². The molecule has 0 saturated carbocycles. The Bertz CT molecular complexity index is 362. The number of hydrogen-bond acceptors (Lipinski definition) is 2. The lowest BCUT2D eigenvalue weighted by Gasteiger charge is -2.14. The molecule has 0 radical (unpaired) electrons. The summed E-state index contributed by atoms with van der Waals surface area (Å²) in [6.45, 7) is 5.79. The Morgan fingerprint density at radius 2 is 2.40 bits per heavy atom. The van der Waals surface area contributed by atoms with Gasteiger partial charge in [0.25, 0.3) is 0 Å². The first-order chi connectivity index (χ1) is 7.22. The maximum absolute atomic E-state index is 10.8. The van der Waals surface area contributed by atoms with Crippen LogP contribution >= 0.6 is 0 Å². The molecule has 0 bridgehead atoms. The van der Waals surface area contributed by atoms with Crippen LogP contribution in [0.5, 0.6) is 0 Å². The normalized spacial score (nSPS) is 20.8. The molecule has 0 N–H and O–H groups in total. The van der Waals surface area contributed by atoms with Crippen molar-refractivity contribution in [3.05, 3.63) is 23.0 Å². The molecule has 1 saturated heterocycles. The monoisotopic (exact) mass is 207 g/mol. The second-order valence-electron chi connectivity index (χ2n) is 4.19. The lowest BCUT2D eigenvalue weighted by atomic mass is 10.2. The Morgan fingerprint density at radius 1 is 1.60 bits per heavy atom. The van der Waals surface area contributed by atoms with E-state index in [0.29, 0.717) is 6.10 Å². The van der Waals surface area contributed by atoms with Gasteiger partial charge in [-0.05, 0) is 32.8 Å². The Balaban J connectivity index is 2.19. The topological polar surface area (TPSA) is 31.2 Å². The molecule has 0 spiro atoms. The molecule has 1 aliphatic rings. The highest BCUT2D eigenvalue weighted by molar-refractivity contribution is 5.77. The van der Waals surface area contributed by atoms with Crippen LogP contribution in [0.2, 0.25) is 0 Å². The van der Waals surface area contributed by atoms with E-state index in [1.165, 1.54) is 0 Å². The van der Waals surface area contributed by atoms with Gasteiger partial charge in [-0.1, -0.05) is 0 Å². The Kier molecular flexibility index (Phi) is 2.91. The van der Waals surface area contributed by atoms with Crippen molar-refractivity contribution >= 4 is 6.29 Å². The van der Waals surface area contributed by atoms with Gasteiger partial charge < -0.3 is 9.30 Å². The minimum absolute atomic E-state index is 0.328. The number of aldehydes is 1. The largest absolute Gasteiger partial charge is 0.376 e. The molecule has 1 aromatic rings. The molecule has 82 valence electrons. The van der Waals surface area contributed by atoms with Crippen LogP contribution in [-0.2, 0) is 11.3 Å². The minimum atomic E-state index is 0.328. The smallest absolute Gasteiger partial charge is 0.151 e. The fourth-order valence-electron chi connectivity index (χ4n) is 2.22. The van der Waals surface area contributed by atoms with E-state index in [1.54, 1.807) is 0 Å². The van der Waals surface area contributed by atoms with Crippen molar-refractivity contribution < 1.29 is 9.53 Å². The van der Waals surface area contributed by atoms with Gasteiger partial charge in [-0.3, -0.25) is 4.79 Å². The summed E-state index contributed by atoms with van der Waals surface area (Å²) in [5.74, 6) is 0. The van der Waals surface area contributed by atoms with Crippen LogP contribution in [0, 0.1) is 13.8 Å². The summed E-state index contributed by atoms with van der Waals surface area (Å²) in [4.78, 5) is 10.8. The van der Waals surface area contributed by atoms with Gasteiger partial charge >= 0.3 is 0 Å². The third-order valence-electron chi connectivity index (χ3n) is 3.15. The lowest BCUT2D eigenvalue weighted by molar-refractivity contribution is 0.0960. The van der Waals surface area contributed by atoms with Gasteiger partial charge in [0, 0.05) is 30.1 Å². The summed E-state index contributed by atoms with van der Waals surface area (Å²) in [5.41, 5.74) is 2.99. The van der Waals surface area contributed by atoms with Gasteiger partial charge in [0.2, 0.25) is 0 Å². The zero-order valence-electron chi connectivity index (χ0n) is 9.32. The Labute approximate surface area is 90.0 Å². The molecular weight excluding hydrogens is 190 g/mol. The zero-order chi connectivity index (χ0) is 10.8. The highest BCUT2D eigenvalue weighted by Gasteiger charge is 2.18. The predicted molar refractivity (Wildman–Crippen MR) is 58.3 cm³/mol. The molecule has 3 nitrogen and oxygen atoms in total. The molecule has 1 fully saturated rings. The quantitative estimate of drug-likeness (QED) is 0.711. The highest BCUT2D eigenvalue weighted by atomic mass is 16.5. The third kappa shape index (κ3) is 1.97. The van der Waals surface area contributed by atoms with Crippen molar-refractivity contribution in [2.24, 2.45) is 0 Å². The Morgan fingerprint density at radius 3 is 2.93 bits per heavy atom. The average Bonchev–Trinajstić information content (AvgIpc) is 2.81. The SMILES string of the molecule is Cc1cc(C=O)c(C)n1C[C@@H]1CCCO1. The summed E-state index contributed by atoms with van der Waals surface area (Å²) < 4.78 is 7.78. The van der Waals surface area contributed by atoms with E-state index in [1.807, 2.05) is 19.9 Å². The number of aromatic nitrogens is 1. The van der Waals surface area contributed by atoms with Gasteiger partial charge in [0.1, 0.15) is 0 Å². The number of aryl methyl sites for hydroxylation is 1. The van der Waals surface area contributed by atoms with Crippen LogP contribution in [-0.4, -0.2) is 23.6 Å². The molecule has 1 aliphatic heterocycles. The van der Waals surface area contributed by atoms with Crippen molar-refractivity contribution in [2.75, 3.05) is 6.61 Å². The van der Waals surface area contributed by atoms with Gasteiger partial charge in [0.05, 0.1) is 6.10 Å². The van der Waals surface area contributed by atoms with Gasteiger partial charge in [-0.15, -0.1) is 0 Å². The second-order valence-corrected chi connectivity index (χ2v) is 4.19. The molecule has 1 aromatic heterocycles. The Hall–Kier alpha value is -1.09. The summed E-state index contributed by atoms with van der Waals surface area (Å²) in [5, 5.41) is 0. The number of nitrogens with zero attached hydrogens (tertiary/aromatic N) is 1. The first kappa shape index (κ1) is 10.4. The van der Waals surface area contributed by atoms with E-state index in [0.717, 1.165) is 49.2 Å². The number of carbonyl (C=O) groups excluding carboxylic acids is 1. The fraction of sp³-hybridized carbons (Fsp3) is 0.583. The molecule has 0 aromatic carbocycles. The lowest BCUT2D eigenvalue weighted by Crippen LogP contribution is -2.16. The standard InChI is InChI=1S/C12H17NO2/c1-9-6-11(8-14)10(2)13(9)7-12-4-3-5-15-12/h6,8,12H,3-5,7H2,1-2H3/t12-/m0/s1. The molecule has 1 atom stereocenters. The van der Waals surface area contributed by atoms with Crippen LogP contribution in [0.4, 0.5) is 0 Å². The van der Waals surface area contributed by atoms with E-state index in [2.05, 4.69) is 4.57 Å². The number of ether oxygens (including phenoxy) is 1. The van der Waals surface area contributed by atoms with Crippen molar-refractivity contribution in [2.45, 2.75) is 39.3 Å². The summed E-state index contributed by atoms with van der Waals surface area (Å²) in [6, 6.07) is 1.94. The molecule has 15 heavy (non-hydrogen) atoms. The van der Waals surface area contributed by atoms with E-state index in [4.69, 9.17) is 4.74 Å². The highest BCUT2D eigenvalue weighted by Crippen LogP contribution is 2.19. The molecule has 2 heterocycles. The van der Waals surface area contributed by atoms with Gasteiger partial charge in [0.15, 0.2) is 6.29 Å². The second kappa shape index (κ2) is 4.19. The maximum Gasteiger partial charge on any atom is 0.151 e. The maximum atomic E-state index is 10.8. The van der Waals surface area contributed by atoms with E-state index >= 15 is 0 Å². The molecule has 0 unspecified atom stereocenters. The summed E-state index contributed by atoms with van der Waals surface area (Å²) in [7, 11) is 0. The van der Waals surface area contributed by atoms with Crippen molar-refractivity contribution in [3.63, 3.8) is 0 Å². The summed E-state index contributed by atoms with van der Waals surface area (Å²) in [6.07, 6.45) is 3.54. The van der Waals surface area contributed by atoms with Gasteiger partial charge in [-0.2, -0.15) is 0 Å². The molecule has 2 rings (SSSR count). The van der Waals surface area contributed by atoms with E-state index in [-0.39, 0.29) is 0 Å². The molecule has 0 aliphatic carbocycles.